The van der Waals surface area contributed by atoms with E-state index in [9.17, 15) is 4.79 Å². The number of fused-ring (bicyclic) bond motifs is 2. The van der Waals surface area contributed by atoms with Gasteiger partial charge in [-0.2, -0.15) is 0 Å². The van der Waals surface area contributed by atoms with Gasteiger partial charge in [-0.1, -0.05) is 91.0 Å². The molecule has 0 amide bonds. The molecule has 4 aromatic carbocycles. The van der Waals surface area contributed by atoms with Crippen LogP contribution in [0.4, 0.5) is 5.69 Å². The highest BCUT2D eigenvalue weighted by Gasteiger charge is 2.27. The predicted molar refractivity (Wildman–Crippen MR) is 139 cm³/mol. The molecule has 1 aliphatic rings. The minimum absolute atomic E-state index is 0.0326. The fraction of sp³-hybridized carbons (Fsp3) is 0.0323. The third-order valence-electron chi connectivity index (χ3n) is 6.25. The molecule has 1 heterocycles. The van der Waals surface area contributed by atoms with Crippen LogP contribution in [0, 0.1) is 0 Å². The van der Waals surface area contributed by atoms with Gasteiger partial charge < -0.3 is 4.57 Å². The van der Waals surface area contributed by atoms with Crippen LogP contribution in [-0.2, 0) is 6.54 Å². The Morgan fingerprint density at radius 3 is 2.09 bits per heavy atom. The molecule has 0 atom stereocenters. The number of benzene rings is 4. The van der Waals surface area contributed by atoms with Crippen LogP contribution >= 0.6 is 0 Å². The summed E-state index contributed by atoms with van der Waals surface area (Å²) >= 11 is 0. The highest BCUT2D eigenvalue weighted by Crippen LogP contribution is 2.34. The maximum Gasteiger partial charge on any atom is 0.194 e. The number of ketones is 1. The van der Waals surface area contributed by atoms with Gasteiger partial charge in [0.2, 0.25) is 0 Å². The average Bonchev–Trinajstić information content (AvgIpc) is 3.25. The molecular weight excluding hydrogens is 416 g/mol. The Kier molecular flexibility index (Phi) is 5.00. The Balaban J connectivity index is 1.53. The maximum absolute atomic E-state index is 13.7. The van der Waals surface area contributed by atoms with Gasteiger partial charge >= 0.3 is 0 Å². The van der Waals surface area contributed by atoms with Crippen LogP contribution < -0.4 is 0 Å². The van der Waals surface area contributed by atoms with Crippen molar-refractivity contribution in [2.75, 3.05) is 0 Å². The van der Waals surface area contributed by atoms with Crippen molar-refractivity contribution in [2.45, 2.75) is 6.54 Å². The Hall–Kier alpha value is -4.50. The van der Waals surface area contributed by atoms with Gasteiger partial charge in [-0.15, -0.1) is 0 Å². The highest BCUT2D eigenvalue weighted by molar-refractivity contribution is 6.40. The maximum atomic E-state index is 13.7. The lowest BCUT2D eigenvalue weighted by Gasteiger charge is -2.17. The summed E-state index contributed by atoms with van der Waals surface area (Å²) in [5, 5.41) is 1.07. The number of hydrogen-bond acceptors (Lipinski definition) is 2. The van der Waals surface area contributed by atoms with Crippen molar-refractivity contribution in [2.24, 2.45) is 4.99 Å². The molecule has 162 valence electrons. The molecule has 1 aliphatic carbocycles. The lowest BCUT2D eigenvalue weighted by atomic mass is 9.85. The Morgan fingerprint density at radius 2 is 1.29 bits per heavy atom. The average molecular weight is 439 g/mol. The summed E-state index contributed by atoms with van der Waals surface area (Å²) in [6.07, 6.45) is 4.06. The second-order valence-electron chi connectivity index (χ2n) is 8.44. The molecule has 0 bridgehead atoms. The van der Waals surface area contributed by atoms with Crippen molar-refractivity contribution in [3.05, 3.63) is 144 Å². The third kappa shape index (κ3) is 3.57. The Morgan fingerprint density at radius 1 is 0.647 bits per heavy atom. The minimum Gasteiger partial charge on any atom is -0.342 e. The van der Waals surface area contributed by atoms with Crippen molar-refractivity contribution in [1.82, 2.24) is 4.57 Å². The normalized spacial score (nSPS) is 14.3. The first-order valence-electron chi connectivity index (χ1n) is 11.4. The van der Waals surface area contributed by atoms with E-state index in [4.69, 9.17) is 4.99 Å². The van der Waals surface area contributed by atoms with Crippen LogP contribution in [-0.4, -0.2) is 16.1 Å². The summed E-state index contributed by atoms with van der Waals surface area (Å²) in [6.45, 7) is 0.740. The molecule has 3 nitrogen and oxygen atoms in total. The van der Waals surface area contributed by atoms with Crippen molar-refractivity contribution in [3.8, 4) is 0 Å². The molecule has 0 unspecified atom stereocenters. The SMILES string of the molecule is O=C1C(c2cn(Cc3ccccc3)c3ccccc23)=CC(=Nc2ccccc2)c2ccccc21. The van der Waals surface area contributed by atoms with Crippen molar-refractivity contribution in [3.63, 3.8) is 0 Å². The summed E-state index contributed by atoms with van der Waals surface area (Å²) in [7, 11) is 0. The fourth-order valence-corrected chi connectivity index (χ4v) is 4.64. The molecule has 0 N–H and O–H groups in total. The number of carbonyl (C=O) groups excluding carboxylic acids is 1. The number of nitrogens with zero attached hydrogens (tertiary/aromatic N) is 2. The molecule has 0 radical (unpaired) electrons. The zero-order valence-electron chi connectivity index (χ0n) is 18.6. The summed E-state index contributed by atoms with van der Waals surface area (Å²) in [5.74, 6) is 0.0326. The molecule has 0 saturated carbocycles. The van der Waals surface area contributed by atoms with Crippen LogP contribution in [0.25, 0.3) is 16.5 Å². The molecule has 3 heteroatoms. The van der Waals surface area contributed by atoms with E-state index in [0.29, 0.717) is 11.1 Å². The van der Waals surface area contributed by atoms with Crippen LogP contribution in [0.5, 0.6) is 0 Å². The Labute approximate surface area is 198 Å². The second kappa shape index (κ2) is 8.45. The summed E-state index contributed by atoms with van der Waals surface area (Å²) in [6, 6.07) is 36.3. The zero-order chi connectivity index (χ0) is 22.9. The molecule has 34 heavy (non-hydrogen) atoms. The first-order valence-corrected chi connectivity index (χ1v) is 11.4. The van der Waals surface area contributed by atoms with Gasteiger partial charge in [-0.05, 0) is 29.8 Å². The lowest BCUT2D eigenvalue weighted by Crippen LogP contribution is -2.16. The summed E-state index contributed by atoms with van der Waals surface area (Å²) < 4.78 is 2.22. The molecule has 0 spiro atoms. The summed E-state index contributed by atoms with van der Waals surface area (Å²) in [4.78, 5) is 18.6. The van der Waals surface area contributed by atoms with E-state index in [-0.39, 0.29) is 5.78 Å². The summed E-state index contributed by atoms with van der Waals surface area (Å²) in [5.41, 5.74) is 7.16. The lowest BCUT2D eigenvalue weighted by molar-refractivity contribution is 0.105. The van der Waals surface area contributed by atoms with Crippen LogP contribution in [0.3, 0.4) is 0 Å². The molecule has 0 aliphatic heterocycles. The molecule has 5 aromatic rings. The van der Waals surface area contributed by atoms with Crippen molar-refractivity contribution >= 4 is 33.7 Å². The van der Waals surface area contributed by atoms with E-state index >= 15 is 0 Å². The fourth-order valence-electron chi connectivity index (χ4n) is 4.64. The molecular formula is C31H22N2O. The zero-order valence-corrected chi connectivity index (χ0v) is 18.6. The van der Waals surface area contributed by atoms with Gasteiger partial charge in [0.15, 0.2) is 5.78 Å². The van der Waals surface area contributed by atoms with Gasteiger partial charge in [0, 0.05) is 45.9 Å². The number of Topliss-reactive ketones (excluding diaryl/α,β-unsaturated/α-hetero) is 1. The van der Waals surface area contributed by atoms with Gasteiger partial charge in [0.05, 0.1) is 11.4 Å². The molecule has 0 fully saturated rings. The van der Waals surface area contributed by atoms with E-state index < -0.39 is 0 Å². The molecule has 1 aromatic heterocycles. The van der Waals surface area contributed by atoms with Gasteiger partial charge in [0.1, 0.15) is 0 Å². The van der Waals surface area contributed by atoms with Crippen molar-refractivity contribution < 1.29 is 4.79 Å². The van der Waals surface area contributed by atoms with Crippen molar-refractivity contribution in [1.29, 1.82) is 0 Å². The first kappa shape index (κ1) is 20.1. The second-order valence-corrected chi connectivity index (χ2v) is 8.44. The largest absolute Gasteiger partial charge is 0.342 e. The van der Waals surface area contributed by atoms with Crippen LogP contribution in [0.2, 0.25) is 0 Å². The topological polar surface area (TPSA) is 34.4 Å². The van der Waals surface area contributed by atoms with Gasteiger partial charge in [-0.3, -0.25) is 4.79 Å². The van der Waals surface area contributed by atoms with E-state index in [1.807, 2.05) is 78.9 Å². The minimum atomic E-state index is 0.0326. The Bertz CT molecular complexity index is 1570. The molecule has 0 saturated heterocycles. The van der Waals surface area contributed by atoms with E-state index in [0.717, 1.165) is 40.0 Å². The number of para-hydroxylation sites is 2. The number of rotatable bonds is 4. The smallest absolute Gasteiger partial charge is 0.194 e. The van der Waals surface area contributed by atoms with E-state index in [2.05, 4.69) is 47.2 Å². The number of hydrogen-bond donors (Lipinski definition) is 0. The molecule has 6 rings (SSSR count). The first-order chi connectivity index (χ1) is 16.8. The number of aromatic nitrogens is 1. The number of carbonyl (C=O) groups is 1. The van der Waals surface area contributed by atoms with E-state index in [1.54, 1.807) is 0 Å². The standard InChI is InChI=1S/C31H22N2O/c34-31-26-17-8-7-15-24(26)29(32-23-13-5-2-6-14-23)19-27(31)28-21-33(20-22-11-3-1-4-12-22)30-18-10-9-16-25(28)30/h1-19,21H,20H2. The van der Waals surface area contributed by atoms with E-state index in [1.165, 1.54) is 5.56 Å². The quantitative estimate of drug-likeness (QED) is 0.295. The van der Waals surface area contributed by atoms with Crippen LogP contribution in [0.1, 0.15) is 27.0 Å². The van der Waals surface area contributed by atoms with Gasteiger partial charge in [-0.25, -0.2) is 4.99 Å². The van der Waals surface area contributed by atoms with Crippen LogP contribution in [0.15, 0.2) is 126 Å². The monoisotopic (exact) mass is 438 g/mol. The predicted octanol–water partition coefficient (Wildman–Crippen LogP) is 7.09. The highest BCUT2D eigenvalue weighted by atomic mass is 16.1. The third-order valence-corrected chi connectivity index (χ3v) is 6.25. The number of aliphatic imine (C=N–C) groups is 1. The number of allylic oxidation sites excluding steroid dienone is 2. The van der Waals surface area contributed by atoms with Gasteiger partial charge in [0.25, 0.3) is 0 Å².